The van der Waals surface area contributed by atoms with Gasteiger partial charge in [-0.1, -0.05) is 6.07 Å². The number of aromatic hydroxyl groups is 1. The first-order chi connectivity index (χ1) is 11.0. The van der Waals surface area contributed by atoms with Crippen LogP contribution in [0.5, 0.6) is 11.5 Å². The van der Waals surface area contributed by atoms with E-state index in [2.05, 4.69) is 10.5 Å². The van der Waals surface area contributed by atoms with Gasteiger partial charge >= 0.3 is 5.69 Å². The number of nitro groups is 1. The summed E-state index contributed by atoms with van der Waals surface area (Å²) in [5.74, 6) is -0.945. The quantitative estimate of drug-likeness (QED) is 0.478. The molecule has 0 spiro atoms. The molecule has 1 heterocycles. The van der Waals surface area contributed by atoms with E-state index in [1.165, 1.54) is 23.6 Å². The number of rotatable bonds is 6. The predicted molar refractivity (Wildman–Crippen MR) is 85.3 cm³/mol. The van der Waals surface area contributed by atoms with Gasteiger partial charge in [0, 0.05) is 11.6 Å². The molecule has 23 heavy (non-hydrogen) atoms. The van der Waals surface area contributed by atoms with Crippen LogP contribution in [0.1, 0.15) is 22.2 Å². The molecule has 0 bridgehead atoms. The maximum absolute atomic E-state index is 11.7. The predicted octanol–water partition coefficient (Wildman–Crippen LogP) is 2.52. The molecule has 0 aliphatic heterocycles. The van der Waals surface area contributed by atoms with Crippen LogP contribution in [0, 0.1) is 10.1 Å². The molecule has 0 fully saturated rings. The molecule has 0 saturated carbocycles. The Balaban J connectivity index is 2.20. The molecule has 2 aromatic rings. The molecule has 2 rings (SSSR count). The van der Waals surface area contributed by atoms with E-state index in [0.29, 0.717) is 10.4 Å². The van der Waals surface area contributed by atoms with Crippen LogP contribution in [-0.4, -0.2) is 28.8 Å². The Kier molecular flexibility index (Phi) is 5.26. The minimum absolute atomic E-state index is 0.0206. The lowest BCUT2D eigenvalue weighted by atomic mass is 10.2. The second-order valence-electron chi connectivity index (χ2n) is 4.25. The molecule has 0 unspecified atom stereocenters. The van der Waals surface area contributed by atoms with E-state index in [1.807, 2.05) is 0 Å². The number of phenolic OH excluding ortho intramolecular Hbond substituents is 1. The van der Waals surface area contributed by atoms with Gasteiger partial charge in [-0.2, -0.15) is 5.10 Å². The SMILES string of the molecule is CCOc1cc(/C=N/NC(=O)c2cccs2)cc([N+](=O)[O-])c1O. The van der Waals surface area contributed by atoms with Crippen LogP contribution in [0.15, 0.2) is 34.7 Å². The van der Waals surface area contributed by atoms with Crippen molar-refractivity contribution in [2.24, 2.45) is 5.10 Å². The summed E-state index contributed by atoms with van der Waals surface area (Å²) in [5.41, 5.74) is 2.13. The molecule has 1 amide bonds. The number of ether oxygens (including phenoxy) is 1. The number of carbonyl (C=O) groups is 1. The van der Waals surface area contributed by atoms with Crippen molar-refractivity contribution in [3.05, 3.63) is 50.2 Å². The van der Waals surface area contributed by atoms with Crippen LogP contribution < -0.4 is 10.2 Å². The van der Waals surface area contributed by atoms with Crippen LogP contribution in [0.2, 0.25) is 0 Å². The number of phenols is 1. The monoisotopic (exact) mass is 335 g/mol. The number of nitro benzene ring substituents is 1. The minimum atomic E-state index is -0.723. The molecule has 0 radical (unpaired) electrons. The Bertz CT molecular complexity index is 743. The Morgan fingerprint density at radius 3 is 2.96 bits per heavy atom. The standard InChI is InChI=1S/C14H13N3O5S/c1-2-22-11-7-9(6-10(13(11)18)17(20)21)8-15-16-14(19)12-4-3-5-23-12/h3-8,18H,2H2,1H3,(H,16,19)/b15-8+. The van der Waals surface area contributed by atoms with Crippen molar-refractivity contribution in [1.82, 2.24) is 5.43 Å². The average Bonchev–Trinajstić information content (AvgIpc) is 3.04. The van der Waals surface area contributed by atoms with Crippen molar-refractivity contribution >= 4 is 29.1 Å². The zero-order chi connectivity index (χ0) is 16.8. The van der Waals surface area contributed by atoms with Gasteiger partial charge in [-0.15, -0.1) is 11.3 Å². The fourth-order valence-electron chi connectivity index (χ4n) is 1.72. The lowest BCUT2D eigenvalue weighted by Crippen LogP contribution is -2.16. The van der Waals surface area contributed by atoms with Crippen LogP contribution >= 0.6 is 11.3 Å². The normalized spacial score (nSPS) is 10.7. The van der Waals surface area contributed by atoms with Crippen LogP contribution in [-0.2, 0) is 0 Å². The molecule has 1 aromatic heterocycles. The first kappa shape index (κ1) is 16.4. The van der Waals surface area contributed by atoms with Crippen molar-refractivity contribution in [2.45, 2.75) is 6.92 Å². The van der Waals surface area contributed by atoms with Crippen LogP contribution in [0.3, 0.4) is 0 Å². The molecular weight excluding hydrogens is 322 g/mol. The fourth-order valence-corrected chi connectivity index (χ4v) is 2.33. The molecule has 120 valence electrons. The Morgan fingerprint density at radius 2 is 2.35 bits per heavy atom. The van der Waals surface area contributed by atoms with E-state index in [0.717, 1.165) is 6.07 Å². The van der Waals surface area contributed by atoms with E-state index in [9.17, 15) is 20.0 Å². The van der Waals surface area contributed by atoms with Gasteiger partial charge in [0.25, 0.3) is 5.91 Å². The Labute approximate surface area is 135 Å². The zero-order valence-electron chi connectivity index (χ0n) is 12.1. The topological polar surface area (TPSA) is 114 Å². The third kappa shape index (κ3) is 4.04. The largest absolute Gasteiger partial charge is 0.500 e. The molecule has 0 atom stereocenters. The smallest absolute Gasteiger partial charge is 0.315 e. The number of hydrazone groups is 1. The maximum atomic E-state index is 11.7. The summed E-state index contributed by atoms with van der Waals surface area (Å²) < 4.78 is 5.15. The van der Waals surface area contributed by atoms with Crippen molar-refractivity contribution in [3.63, 3.8) is 0 Å². The summed E-state index contributed by atoms with van der Waals surface area (Å²) in [5, 5.41) is 26.2. The highest BCUT2D eigenvalue weighted by Crippen LogP contribution is 2.36. The van der Waals surface area contributed by atoms with Crippen molar-refractivity contribution < 1.29 is 19.6 Å². The van der Waals surface area contributed by atoms with Gasteiger partial charge in [0.05, 0.1) is 22.6 Å². The van der Waals surface area contributed by atoms with E-state index < -0.39 is 16.4 Å². The molecule has 8 nitrogen and oxygen atoms in total. The molecule has 9 heteroatoms. The van der Waals surface area contributed by atoms with E-state index >= 15 is 0 Å². The minimum Gasteiger partial charge on any atom is -0.500 e. The van der Waals surface area contributed by atoms with Crippen LogP contribution in [0.25, 0.3) is 0 Å². The van der Waals surface area contributed by atoms with Crippen molar-refractivity contribution in [1.29, 1.82) is 0 Å². The number of nitrogens with one attached hydrogen (secondary N) is 1. The molecule has 0 saturated heterocycles. The molecule has 0 aliphatic carbocycles. The number of hydrogen-bond donors (Lipinski definition) is 2. The third-order valence-corrected chi connectivity index (χ3v) is 3.57. The second kappa shape index (κ2) is 7.36. The molecule has 0 aliphatic rings. The first-order valence-corrected chi connectivity index (χ1v) is 7.42. The van der Waals surface area contributed by atoms with Crippen LogP contribution in [0.4, 0.5) is 5.69 Å². The Morgan fingerprint density at radius 1 is 1.57 bits per heavy atom. The highest BCUT2D eigenvalue weighted by Gasteiger charge is 2.19. The zero-order valence-corrected chi connectivity index (χ0v) is 12.9. The van der Waals surface area contributed by atoms with E-state index in [-0.39, 0.29) is 18.3 Å². The first-order valence-electron chi connectivity index (χ1n) is 6.54. The molecule has 2 N–H and O–H groups in total. The summed E-state index contributed by atoms with van der Waals surface area (Å²) in [6.45, 7) is 1.92. The number of amides is 1. The number of hydrogen-bond acceptors (Lipinski definition) is 7. The van der Waals surface area contributed by atoms with Gasteiger partial charge in [0.2, 0.25) is 5.75 Å². The summed E-state index contributed by atoms with van der Waals surface area (Å²) in [6, 6.07) is 5.92. The van der Waals surface area contributed by atoms with Crippen molar-refractivity contribution in [3.8, 4) is 11.5 Å². The lowest BCUT2D eigenvalue weighted by Gasteiger charge is -2.07. The van der Waals surface area contributed by atoms with Gasteiger partial charge in [-0.25, -0.2) is 5.43 Å². The number of benzene rings is 1. The average molecular weight is 335 g/mol. The maximum Gasteiger partial charge on any atom is 0.315 e. The van der Waals surface area contributed by atoms with E-state index in [4.69, 9.17) is 4.74 Å². The lowest BCUT2D eigenvalue weighted by molar-refractivity contribution is -0.386. The summed E-state index contributed by atoms with van der Waals surface area (Å²) in [7, 11) is 0. The third-order valence-electron chi connectivity index (χ3n) is 2.70. The highest BCUT2D eigenvalue weighted by molar-refractivity contribution is 7.12. The van der Waals surface area contributed by atoms with Gasteiger partial charge in [-0.3, -0.25) is 14.9 Å². The van der Waals surface area contributed by atoms with Gasteiger partial charge in [0.1, 0.15) is 0 Å². The molecular formula is C14H13N3O5S. The summed E-state index contributed by atoms with van der Waals surface area (Å²) >= 11 is 1.27. The number of carbonyl (C=O) groups excluding carboxylic acids is 1. The Hall–Kier alpha value is -2.94. The van der Waals surface area contributed by atoms with Gasteiger partial charge in [-0.05, 0) is 24.4 Å². The number of nitrogens with zero attached hydrogens (tertiary/aromatic N) is 2. The molecule has 1 aromatic carbocycles. The fraction of sp³-hybridized carbons (Fsp3) is 0.143. The van der Waals surface area contributed by atoms with Gasteiger partial charge in [0.15, 0.2) is 5.75 Å². The summed E-state index contributed by atoms with van der Waals surface area (Å²) in [4.78, 5) is 22.4. The van der Waals surface area contributed by atoms with Gasteiger partial charge < -0.3 is 9.84 Å². The van der Waals surface area contributed by atoms with Crippen molar-refractivity contribution in [2.75, 3.05) is 6.61 Å². The number of thiophene rings is 1. The second-order valence-corrected chi connectivity index (χ2v) is 5.20. The summed E-state index contributed by atoms with van der Waals surface area (Å²) in [6.07, 6.45) is 1.24. The van der Waals surface area contributed by atoms with E-state index in [1.54, 1.807) is 24.4 Å². The highest BCUT2D eigenvalue weighted by atomic mass is 32.1.